The fourth-order valence-electron chi connectivity index (χ4n) is 0.143. The highest BCUT2D eigenvalue weighted by Crippen LogP contribution is 1.70. The van der Waals surface area contributed by atoms with Crippen molar-refractivity contribution in [2.75, 3.05) is 0 Å². The molecular weight excluding hydrogens is 243 g/mol. The van der Waals surface area contributed by atoms with E-state index < -0.39 is 26.6 Å². The van der Waals surface area contributed by atoms with Crippen molar-refractivity contribution in [2.24, 2.45) is 0 Å². The van der Waals surface area contributed by atoms with E-state index in [1.165, 1.54) is 0 Å². The number of hydrogen-bond acceptors (Lipinski definition) is 4. The van der Waals surface area contributed by atoms with Crippen molar-refractivity contribution in [3.63, 3.8) is 0 Å². The van der Waals surface area contributed by atoms with Crippen LogP contribution in [0.15, 0.2) is 24.8 Å². The van der Waals surface area contributed by atoms with E-state index in [4.69, 9.17) is 24.8 Å². The molecule has 0 saturated carbocycles. The van der Waals surface area contributed by atoms with E-state index in [9.17, 15) is 14.4 Å². The predicted octanol–water partition coefficient (Wildman–Crippen LogP) is -0.113. The van der Waals surface area contributed by atoms with Gasteiger partial charge in [0.15, 0.2) is 0 Å². The van der Waals surface area contributed by atoms with Gasteiger partial charge in [0.25, 0.3) is 0 Å². The molecule has 0 amide bonds. The molecule has 0 spiro atoms. The molecule has 0 aliphatic carbocycles. The van der Waals surface area contributed by atoms with Crippen LogP contribution in [0.25, 0.3) is 0 Å². The smallest absolute Gasteiger partial charge is 0.478 e. The lowest BCUT2D eigenvalue weighted by Crippen LogP contribution is -1.91. The molecule has 0 rings (SSSR count). The highest BCUT2D eigenvalue weighted by Gasteiger charge is 1.88. The van der Waals surface area contributed by atoms with Crippen molar-refractivity contribution in [1.29, 1.82) is 0 Å². The summed E-state index contributed by atoms with van der Waals surface area (Å²) in [4.78, 5) is 35.4. The van der Waals surface area contributed by atoms with Crippen LogP contribution in [0, 0.1) is 0 Å². The third-order valence-electron chi connectivity index (χ3n) is 0.543. The molecule has 0 saturated heterocycles. The van der Waals surface area contributed by atoms with Crippen LogP contribution < -0.4 is 0 Å². The second-order valence-corrected chi connectivity index (χ2v) is 1.83. The third-order valence-corrected chi connectivity index (χ3v) is 0.543. The zero-order valence-corrected chi connectivity index (χ0v) is 8.86. The lowest BCUT2D eigenvalue weighted by molar-refractivity contribution is -0.134. The Bertz CT molecular complexity index is 266. The monoisotopic (exact) mass is 253 g/mol. The van der Waals surface area contributed by atoms with E-state index in [-0.39, 0.29) is 0 Å². The predicted molar refractivity (Wildman–Crippen MR) is 53.5 cm³/mol. The van der Waals surface area contributed by atoms with Gasteiger partial charge in [-0.2, -0.15) is 4.89 Å². The first-order chi connectivity index (χ1) is 7.31. The van der Waals surface area contributed by atoms with E-state index in [1.807, 2.05) is 0 Å². The highest BCUT2D eigenvalue weighted by molar-refractivity contribution is 7.16. The number of rotatable bonds is 3. The Morgan fingerprint density at radius 1 is 0.938 bits per heavy atom. The molecule has 0 aliphatic rings. The fraction of sp³-hybridized carbons (Fsp3) is 0. The first-order valence-electron chi connectivity index (χ1n) is 3.32. The molecule has 0 bridgehead atoms. The summed E-state index contributed by atoms with van der Waals surface area (Å²) in [7, 11) is -1.17. The zero-order valence-electron chi connectivity index (χ0n) is 7.86. The summed E-state index contributed by atoms with van der Waals surface area (Å²) < 4.78 is 8.51. The highest BCUT2D eigenvalue weighted by atomic mass is 31.1. The average Bonchev–Trinajstić information content (AvgIpc) is 2.17. The van der Waals surface area contributed by atoms with Gasteiger partial charge < -0.3 is 15.3 Å². The fourth-order valence-corrected chi connectivity index (χ4v) is 0.143. The molecular formula is C7H10O8P+. The Morgan fingerprint density at radius 3 is 1.19 bits per heavy atom. The number of carboxylic acid groups (broad SMARTS) is 3. The van der Waals surface area contributed by atoms with Crippen molar-refractivity contribution in [1.82, 2.24) is 0 Å². The first kappa shape index (κ1) is 19.5. The van der Waals surface area contributed by atoms with Crippen LogP contribution in [-0.2, 0) is 18.9 Å². The standard InChI is InChI=1S/C4H4O4.C3H4O2.HO2P/c5-3(6)1-2-4(7)8;1-2-3(4)5;1-3-2/h1-2H,(H,5,6)(H,7,8);2H,1H2,(H,4,5);3H/p+1. The van der Waals surface area contributed by atoms with Gasteiger partial charge in [-0.25, -0.2) is 14.4 Å². The molecule has 0 aliphatic heterocycles. The van der Waals surface area contributed by atoms with E-state index >= 15 is 0 Å². The minimum absolute atomic E-state index is 0.558. The van der Waals surface area contributed by atoms with Crippen LogP contribution in [0.3, 0.4) is 0 Å². The molecule has 0 aromatic rings. The molecule has 0 radical (unpaired) electrons. The molecule has 0 aromatic carbocycles. The Hall–Kier alpha value is -2.05. The van der Waals surface area contributed by atoms with Crippen molar-refractivity contribution >= 4 is 26.6 Å². The van der Waals surface area contributed by atoms with Gasteiger partial charge in [-0.05, 0) is 4.57 Å². The Labute approximate surface area is 91.4 Å². The van der Waals surface area contributed by atoms with Crippen LogP contribution >= 0.6 is 8.69 Å². The number of aliphatic carboxylic acids is 3. The zero-order chi connectivity index (χ0) is 13.6. The Balaban J connectivity index is -0.000000181. The lowest BCUT2D eigenvalue weighted by atomic mass is 10.5. The molecule has 8 nitrogen and oxygen atoms in total. The van der Waals surface area contributed by atoms with Crippen molar-refractivity contribution < 1.29 is 39.2 Å². The van der Waals surface area contributed by atoms with Gasteiger partial charge in [0.2, 0.25) is 0 Å². The molecule has 0 fully saturated rings. The number of carboxylic acids is 3. The maximum absolute atomic E-state index is 9.55. The molecule has 16 heavy (non-hydrogen) atoms. The molecule has 90 valence electrons. The van der Waals surface area contributed by atoms with Gasteiger partial charge in [0.05, 0.1) is 0 Å². The van der Waals surface area contributed by atoms with E-state index in [0.717, 1.165) is 6.08 Å². The maximum Gasteiger partial charge on any atom is 0.491 e. The Kier molecular flexibility index (Phi) is 18.8. The molecule has 9 heteroatoms. The summed E-state index contributed by atoms with van der Waals surface area (Å²) in [5, 5.41) is 23.2. The van der Waals surface area contributed by atoms with Gasteiger partial charge in [-0.3, -0.25) is 0 Å². The van der Waals surface area contributed by atoms with Gasteiger partial charge >= 0.3 is 26.6 Å². The molecule has 0 aromatic heterocycles. The van der Waals surface area contributed by atoms with E-state index in [2.05, 4.69) is 6.58 Å². The van der Waals surface area contributed by atoms with Crippen molar-refractivity contribution in [3.05, 3.63) is 24.8 Å². The second-order valence-electron chi connectivity index (χ2n) is 1.64. The van der Waals surface area contributed by atoms with Crippen molar-refractivity contribution in [2.45, 2.75) is 0 Å². The van der Waals surface area contributed by atoms with Gasteiger partial charge in [0.1, 0.15) is 0 Å². The average molecular weight is 253 g/mol. The second kappa shape index (κ2) is 15.4. The van der Waals surface area contributed by atoms with Gasteiger partial charge in [0, 0.05) is 18.2 Å². The van der Waals surface area contributed by atoms with E-state index in [0.29, 0.717) is 12.2 Å². The summed E-state index contributed by atoms with van der Waals surface area (Å²) in [6.07, 6.45) is 1.95. The topological polar surface area (TPSA) is 149 Å². The maximum atomic E-state index is 9.55. The van der Waals surface area contributed by atoms with Crippen LogP contribution in [0.4, 0.5) is 0 Å². The quantitative estimate of drug-likeness (QED) is 0.401. The number of hydrogen-bond donors (Lipinski definition) is 4. The number of carbonyl (C=O) groups is 3. The first-order valence-corrected chi connectivity index (χ1v) is 4.17. The minimum atomic E-state index is -1.26. The summed E-state index contributed by atoms with van der Waals surface area (Å²) in [5.74, 6) is -3.50. The Morgan fingerprint density at radius 2 is 1.12 bits per heavy atom. The van der Waals surface area contributed by atoms with Gasteiger partial charge in [-0.15, -0.1) is 0 Å². The molecule has 0 heterocycles. The van der Waals surface area contributed by atoms with E-state index in [1.54, 1.807) is 0 Å². The lowest BCUT2D eigenvalue weighted by Gasteiger charge is -1.74. The van der Waals surface area contributed by atoms with Crippen LogP contribution in [0.2, 0.25) is 0 Å². The summed E-state index contributed by atoms with van der Waals surface area (Å²) in [5.41, 5.74) is 0. The molecule has 1 unspecified atom stereocenters. The summed E-state index contributed by atoms with van der Waals surface area (Å²) >= 11 is 0. The SMILES string of the molecule is C=CC(=O)O.O=C(O)C=CC(=O)O.O=[PH+]O. The summed E-state index contributed by atoms with van der Waals surface area (Å²) in [6, 6.07) is 0. The largest absolute Gasteiger partial charge is 0.491 e. The third kappa shape index (κ3) is 58.5. The minimum Gasteiger partial charge on any atom is -0.478 e. The normalized spacial score (nSPS) is 8.06. The van der Waals surface area contributed by atoms with Gasteiger partial charge in [-0.1, -0.05) is 6.58 Å². The molecule has 1 atom stereocenters. The molecule has 4 N–H and O–H groups in total. The van der Waals surface area contributed by atoms with Crippen LogP contribution in [0.1, 0.15) is 0 Å². The van der Waals surface area contributed by atoms with Crippen LogP contribution in [-0.4, -0.2) is 38.1 Å². The van der Waals surface area contributed by atoms with Crippen molar-refractivity contribution in [3.8, 4) is 0 Å². The summed E-state index contributed by atoms with van der Waals surface area (Å²) in [6.45, 7) is 2.96. The van der Waals surface area contributed by atoms with Crippen LogP contribution in [0.5, 0.6) is 0 Å².